The number of amides is 1. The van der Waals surface area contributed by atoms with Crippen LogP contribution >= 0.6 is 0 Å². The highest BCUT2D eigenvalue weighted by Crippen LogP contribution is 2.20. The van der Waals surface area contributed by atoms with Crippen molar-refractivity contribution in [1.29, 1.82) is 0 Å². The molecule has 5 heteroatoms. The Labute approximate surface area is 107 Å². The zero-order chi connectivity index (χ0) is 13.3. The molecule has 1 fully saturated rings. The Kier molecular flexibility index (Phi) is 3.26. The van der Waals surface area contributed by atoms with E-state index in [0.29, 0.717) is 24.3 Å². The number of nitrogens with two attached hydrogens (primary N) is 1. The highest BCUT2D eigenvalue weighted by atomic mass is 16.5. The van der Waals surface area contributed by atoms with Crippen LogP contribution in [0.2, 0.25) is 0 Å². The number of carbonyl (C=O) groups excluding carboxylic acids is 1. The Hall–Kier alpha value is -1.62. The van der Waals surface area contributed by atoms with Gasteiger partial charge in [0.25, 0.3) is 5.91 Å². The summed E-state index contributed by atoms with van der Waals surface area (Å²) in [6.45, 7) is 4.98. The number of nitrogens with zero attached hydrogens (tertiary/aromatic N) is 2. The van der Waals surface area contributed by atoms with Crippen LogP contribution in [0.1, 0.15) is 35.8 Å². The Morgan fingerprint density at radius 2 is 2.11 bits per heavy atom. The zero-order valence-corrected chi connectivity index (χ0v) is 10.8. The molecule has 1 aliphatic rings. The number of aromatic nitrogens is 1. The van der Waals surface area contributed by atoms with Crippen molar-refractivity contribution in [1.82, 2.24) is 4.90 Å². The van der Waals surface area contributed by atoms with Crippen LogP contribution in [0.15, 0.2) is 18.3 Å². The largest absolute Gasteiger partial charge is 0.618 e. The van der Waals surface area contributed by atoms with E-state index in [9.17, 15) is 10.0 Å². The van der Waals surface area contributed by atoms with Crippen molar-refractivity contribution < 1.29 is 9.52 Å². The molecule has 0 radical (unpaired) electrons. The second kappa shape index (κ2) is 4.57. The van der Waals surface area contributed by atoms with E-state index in [0.717, 1.165) is 17.6 Å². The van der Waals surface area contributed by atoms with Crippen molar-refractivity contribution in [3.8, 4) is 0 Å². The first-order chi connectivity index (χ1) is 8.41. The third-order valence-corrected chi connectivity index (χ3v) is 3.63. The number of pyridine rings is 1. The van der Waals surface area contributed by atoms with Crippen molar-refractivity contribution in [2.75, 3.05) is 13.1 Å². The maximum absolute atomic E-state index is 12.3. The van der Waals surface area contributed by atoms with E-state index in [4.69, 9.17) is 5.73 Å². The molecule has 1 aliphatic heterocycles. The molecular formula is C13H19N3O2. The summed E-state index contributed by atoms with van der Waals surface area (Å²) in [5.41, 5.74) is 6.79. The number of likely N-dealkylation sites (tertiary alicyclic amines) is 1. The van der Waals surface area contributed by atoms with E-state index in [1.807, 2.05) is 6.92 Å². The van der Waals surface area contributed by atoms with Crippen LogP contribution in [0.5, 0.6) is 0 Å². The van der Waals surface area contributed by atoms with Gasteiger partial charge in [-0.25, -0.2) is 0 Å². The van der Waals surface area contributed by atoms with E-state index in [-0.39, 0.29) is 11.4 Å². The first-order valence-electron chi connectivity index (χ1n) is 6.18. The van der Waals surface area contributed by atoms with Gasteiger partial charge in [-0.05, 0) is 25.8 Å². The third kappa shape index (κ3) is 2.46. The van der Waals surface area contributed by atoms with Gasteiger partial charge >= 0.3 is 0 Å². The van der Waals surface area contributed by atoms with Gasteiger partial charge in [0.2, 0.25) is 5.69 Å². The summed E-state index contributed by atoms with van der Waals surface area (Å²) in [5.74, 6) is -0.0757. The van der Waals surface area contributed by atoms with E-state index in [2.05, 4.69) is 0 Å². The molecule has 2 N–H and O–H groups in total. The minimum Gasteiger partial charge on any atom is -0.618 e. The summed E-state index contributed by atoms with van der Waals surface area (Å²) in [6.07, 6.45) is 2.99. The molecule has 1 saturated heterocycles. The van der Waals surface area contributed by atoms with Crippen LogP contribution in [0.4, 0.5) is 0 Å². The third-order valence-electron chi connectivity index (χ3n) is 3.63. The number of rotatable bonds is 1. The molecular weight excluding hydrogens is 230 g/mol. The lowest BCUT2D eigenvalue weighted by atomic mass is 9.90. The number of hydrogen-bond acceptors (Lipinski definition) is 3. The minimum absolute atomic E-state index is 0.0757. The summed E-state index contributed by atoms with van der Waals surface area (Å²) in [7, 11) is 0. The van der Waals surface area contributed by atoms with Gasteiger partial charge in [0.05, 0.1) is 0 Å². The zero-order valence-electron chi connectivity index (χ0n) is 10.8. The summed E-state index contributed by atoms with van der Waals surface area (Å²) in [5, 5.41) is 11.5. The fraction of sp³-hybridized carbons (Fsp3) is 0.538. The maximum Gasteiger partial charge on any atom is 0.260 e. The second-order valence-corrected chi connectivity index (χ2v) is 5.28. The van der Waals surface area contributed by atoms with Crippen molar-refractivity contribution in [2.45, 2.75) is 32.2 Å². The van der Waals surface area contributed by atoms with E-state index >= 15 is 0 Å². The molecule has 2 rings (SSSR count). The average molecular weight is 249 g/mol. The smallest absolute Gasteiger partial charge is 0.260 e. The number of carbonyl (C=O) groups is 1. The molecule has 18 heavy (non-hydrogen) atoms. The Bertz CT molecular complexity index is 461. The molecule has 2 heterocycles. The molecule has 1 aromatic rings. The predicted octanol–water partition coefficient (Wildman–Crippen LogP) is 0.582. The molecule has 0 spiro atoms. The van der Waals surface area contributed by atoms with E-state index < -0.39 is 0 Å². The lowest BCUT2D eigenvalue weighted by molar-refractivity contribution is -0.612. The molecule has 1 aromatic heterocycles. The normalized spacial score (nSPS) is 18.7. The molecule has 0 atom stereocenters. The Balaban J connectivity index is 2.15. The highest BCUT2D eigenvalue weighted by molar-refractivity contribution is 5.94. The molecule has 0 bridgehead atoms. The van der Waals surface area contributed by atoms with Gasteiger partial charge in [-0.3, -0.25) is 4.79 Å². The van der Waals surface area contributed by atoms with Crippen LogP contribution < -0.4 is 10.5 Å². The second-order valence-electron chi connectivity index (χ2n) is 5.28. The van der Waals surface area contributed by atoms with Crippen LogP contribution in [0.25, 0.3) is 0 Å². The summed E-state index contributed by atoms with van der Waals surface area (Å²) in [6, 6.07) is 3.30. The van der Waals surface area contributed by atoms with Gasteiger partial charge in [0.1, 0.15) is 5.56 Å². The van der Waals surface area contributed by atoms with Gasteiger partial charge in [0.15, 0.2) is 6.20 Å². The van der Waals surface area contributed by atoms with E-state index in [1.54, 1.807) is 24.0 Å². The van der Waals surface area contributed by atoms with Crippen LogP contribution in [-0.2, 0) is 0 Å². The van der Waals surface area contributed by atoms with Crippen molar-refractivity contribution in [2.24, 2.45) is 5.73 Å². The van der Waals surface area contributed by atoms with Crippen LogP contribution in [0, 0.1) is 12.1 Å². The minimum atomic E-state index is -0.180. The standard InChI is InChI=1S/C13H19N3O2/c1-10-11(4-3-7-16(10)18)12(17)15-8-5-13(2,14)6-9-15/h3-4,7H,5-6,8-9,14H2,1-2H3. The number of hydrogen-bond donors (Lipinski definition) is 1. The molecule has 0 aliphatic carbocycles. The molecule has 0 aromatic carbocycles. The molecule has 5 nitrogen and oxygen atoms in total. The van der Waals surface area contributed by atoms with Gasteiger partial charge in [-0.1, -0.05) is 0 Å². The molecule has 0 unspecified atom stereocenters. The topological polar surface area (TPSA) is 73.3 Å². The van der Waals surface area contributed by atoms with Crippen molar-refractivity contribution in [3.63, 3.8) is 0 Å². The molecule has 0 saturated carbocycles. The fourth-order valence-electron chi connectivity index (χ4n) is 2.19. The first kappa shape index (κ1) is 12.8. The Morgan fingerprint density at radius 1 is 1.50 bits per heavy atom. The fourth-order valence-corrected chi connectivity index (χ4v) is 2.19. The van der Waals surface area contributed by atoms with Crippen LogP contribution in [0.3, 0.4) is 0 Å². The summed E-state index contributed by atoms with van der Waals surface area (Å²) in [4.78, 5) is 14.1. The van der Waals surface area contributed by atoms with Gasteiger partial charge < -0.3 is 15.8 Å². The number of piperidine rings is 1. The molecule has 98 valence electrons. The lowest BCUT2D eigenvalue weighted by Gasteiger charge is -2.36. The highest BCUT2D eigenvalue weighted by Gasteiger charge is 2.30. The van der Waals surface area contributed by atoms with Gasteiger partial charge in [-0.2, -0.15) is 4.73 Å². The summed E-state index contributed by atoms with van der Waals surface area (Å²) >= 11 is 0. The van der Waals surface area contributed by atoms with E-state index in [1.165, 1.54) is 6.20 Å². The van der Waals surface area contributed by atoms with Crippen molar-refractivity contribution in [3.05, 3.63) is 34.8 Å². The monoisotopic (exact) mass is 249 g/mol. The van der Waals surface area contributed by atoms with Gasteiger partial charge in [0, 0.05) is 31.6 Å². The van der Waals surface area contributed by atoms with Crippen molar-refractivity contribution >= 4 is 5.91 Å². The SMILES string of the molecule is Cc1c(C(=O)N2CCC(C)(N)CC2)ccc[n+]1[O-]. The first-order valence-corrected chi connectivity index (χ1v) is 6.18. The molecule has 1 amide bonds. The van der Waals surface area contributed by atoms with Gasteiger partial charge in [-0.15, -0.1) is 0 Å². The van der Waals surface area contributed by atoms with Crippen LogP contribution in [-0.4, -0.2) is 29.4 Å². The average Bonchev–Trinajstić information content (AvgIpc) is 2.32. The summed E-state index contributed by atoms with van der Waals surface area (Å²) < 4.78 is 0.726. The quantitative estimate of drug-likeness (QED) is 0.584. The maximum atomic E-state index is 12.3. The predicted molar refractivity (Wildman–Crippen MR) is 67.9 cm³/mol. The lowest BCUT2D eigenvalue weighted by Crippen LogP contribution is -2.50. The Morgan fingerprint density at radius 3 is 2.72 bits per heavy atom.